The van der Waals surface area contributed by atoms with Gasteiger partial charge in [0.1, 0.15) is 11.5 Å². The highest BCUT2D eigenvalue weighted by Gasteiger charge is 2.15. The van der Waals surface area contributed by atoms with E-state index in [1.165, 1.54) is 6.20 Å². The van der Waals surface area contributed by atoms with Crippen molar-refractivity contribution in [2.45, 2.75) is 6.92 Å². The smallest absolute Gasteiger partial charge is 0.356 e. The van der Waals surface area contributed by atoms with Crippen LogP contribution in [0.2, 0.25) is 0 Å². The van der Waals surface area contributed by atoms with Gasteiger partial charge in [0, 0.05) is 5.56 Å². The average molecular weight is 270 g/mol. The van der Waals surface area contributed by atoms with Gasteiger partial charge in [0.15, 0.2) is 17.5 Å². The van der Waals surface area contributed by atoms with Gasteiger partial charge < -0.3 is 9.72 Å². The molecule has 0 unspecified atom stereocenters. The Labute approximate surface area is 106 Å². The fourth-order valence-corrected chi connectivity index (χ4v) is 1.47. The van der Waals surface area contributed by atoms with Gasteiger partial charge in [-0.3, -0.25) is 0 Å². The van der Waals surface area contributed by atoms with Gasteiger partial charge in [-0.05, 0) is 19.1 Å². The highest BCUT2D eigenvalue weighted by molar-refractivity contribution is 5.87. The van der Waals surface area contributed by atoms with Crippen LogP contribution in [0.15, 0.2) is 18.3 Å². The number of aromatic amines is 1. The predicted molar refractivity (Wildman–Crippen MR) is 59.9 cm³/mol. The molecule has 0 saturated heterocycles. The van der Waals surface area contributed by atoms with Crippen molar-refractivity contribution < 1.29 is 22.7 Å². The summed E-state index contributed by atoms with van der Waals surface area (Å²) >= 11 is 0. The van der Waals surface area contributed by atoms with Gasteiger partial charge in [-0.2, -0.15) is 0 Å². The summed E-state index contributed by atoms with van der Waals surface area (Å²) < 4.78 is 43.7. The largest absolute Gasteiger partial charge is 0.461 e. The van der Waals surface area contributed by atoms with Crippen molar-refractivity contribution in [2.24, 2.45) is 0 Å². The lowest BCUT2D eigenvalue weighted by Gasteiger charge is -2.00. The summed E-state index contributed by atoms with van der Waals surface area (Å²) in [5, 5.41) is 0. The Balaban J connectivity index is 2.35. The molecule has 1 N–H and O–H groups in total. The molecule has 1 aromatic heterocycles. The fraction of sp³-hybridized carbons (Fsp3) is 0.167. The Morgan fingerprint density at radius 2 is 1.95 bits per heavy atom. The fourth-order valence-electron chi connectivity index (χ4n) is 1.47. The minimum absolute atomic E-state index is 0.00746. The van der Waals surface area contributed by atoms with Crippen LogP contribution in [0.4, 0.5) is 13.2 Å². The number of hydrogen-bond acceptors (Lipinski definition) is 3. The maximum absolute atomic E-state index is 13.1. The van der Waals surface area contributed by atoms with E-state index in [0.29, 0.717) is 0 Å². The van der Waals surface area contributed by atoms with Crippen LogP contribution in [0.25, 0.3) is 11.4 Å². The van der Waals surface area contributed by atoms with Gasteiger partial charge >= 0.3 is 5.97 Å². The molecule has 0 fully saturated rings. The molecule has 4 nitrogen and oxygen atoms in total. The Morgan fingerprint density at radius 3 is 2.53 bits per heavy atom. The number of esters is 1. The first-order valence-corrected chi connectivity index (χ1v) is 5.40. The van der Waals surface area contributed by atoms with Crippen LogP contribution in [0, 0.1) is 17.5 Å². The Hall–Kier alpha value is -2.31. The normalized spacial score (nSPS) is 10.5. The first kappa shape index (κ1) is 13.1. The number of carbonyl (C=O) groups excluding carboxylic acids is 1. The second kappa shape index (κ2) is 5.13. The third-order valence-corrected chi connectivity index (χ3v) is 2.33. The molecule has 0 saturated carbocycles. The van der Waals surface area contributed by atoms with Gasteiger partial charge in [-0.15, -0.1) is 0 Å². The minimum Gasteiger partial charge on any atom is -0.461 e. The zero-order valence-electron chi connectivity index (χ0n) is 9.84. The summed E-state index contributed by atoms with van der Waals surface area (Å²) in [6.45, 7) is 1.83. The quantitative estimate of drug-likeness (QED) is 0.689. The zero-order chi connectivity index (χ0) is 14.0. The topological polar surface area (TPSA) is 55.0 Å². The number of rotatable bonds is 3. The Morgan fingerprint density at radius 1 is 1.32 bits per heavy atom. The summed E-state index contributed by atoms with van der Waals surface area (Å²) in [6.07, 6.45) is 1.17. The summed E-state index contributed by atoms with van der Waals surface area (Å²) in [4.78, 5) is 17.7. The lowest BCUT2D eigenvalue weighted by molar-refractivity contribution is 0.0520. The van der Waals surface area contributed by atoms with Crippen LogP contribution in [0.3, 0.4) is 0 Å². The van der Waals surface area contributed by atoms with Crippen LogP contribution in [0.1, 0.15) is 17.4 Å². The van der Waals surface area contributed by atoms with Gasteiger partial charge in [-0.1, -0.05) is 0 Å². The van der Waals surface area contributed by atoms with E-state index in [-0.39, 0.29) is 23.7 Å². The van der Waals surface area contributed by atoms with Crippen LogP contribution in [-0.2, 0) is 4.74 Å². The van der Waals surface area contributed by atoms with E-state index in [1.807, 2.05) is 0 Å². The molecule has 1 aromatic carbocycles. The van der Waals surface area contributed by atoms with Crippen molar-refractivity contribution in [3.05, 3.63) is 41.5 Å². The van der Waals surface area contributed by atoms with E-state index in [9.17, 15) is 18.0 Å². The third-order valence-electron chi connectivity index (χ3n) is 2.33. The average Bonchev–Trinajstić information content (AvgIpc) is 2.85. The molecule has 0 aliphatic carbocycles. The molecule has 0 spiro atoms. The first-order chi connectivity index (χ1) is 9.02. The number of ether oxygens (including phenoxy) is 1. The molecule has 19 heavy (non-hydrogen) atoms. The summed E-state index contributed by atoms with van der Waals surface area (Å²) in [7, 11) is 0. The van der Waals surface area contributed by atoms with E-state index in [4.69, 9.17) is 4.74 Å². The minimum atomic E-state index is -1.55. The number of nitrogens with one attached hydrogen (secondary N) is 1. The standard InChI is InChI=1S/C12H9F3N2O2/c1-2-19-12(18)9-5-16-11(17-9)6-3-7(13)10(15)8(14)4-6/h3-5H,2H2,1H3,(H,16,17). The number of aromatic nitrogens is 2. The SMILES string of the molecule is CCOC(=O)c1cnc(-c2cc(F)c(F)c(F)c2)[nH]1. The zero-order valence-corrected chi connectivity index (χ0v) is 9.84. The van der Waals surface area contributed by atoms with Gasteiger partial charge in [0.2, 0.25) is 0 Å². The summed E-state index contributed by atoms with van der Waals surface area (Å²) in [5.41, 5.74) is 0.0361. The van der Waals surface area contributed by atoms with Crippen LogP contribution >= 0.6 is 0 Å². The van der Waals surface area contributed by atoms with Crippen molar-refractivity contribution in [3.63, 3.8) is 0 Å². The molecular weight excluding hydrogens is 261 g/mol. The lowest BCUT2D eigenvalue weighted by atomic mass is 10.2. The second-order valence-electron chi connectivity index (χ2n) is 3.62. The maximum Gasteiger partial charge on any atom is 0.356 e. The number of carbonyl (C=O) groups is 1. The van der Waals surface area contributed by atoms with E-state index in [0.717, 1.165) is 12.1 Å². The summed E-state index contributed by atoms with van der Waals surface area (Å²) in [6, 6.07) is 1.57. The molecule has 0 atom stereocenters. The van der Waals surface area contributed by atoms with Gasteiger partial charge in [-0.25, -0.2) is 22.9 Å². The molecule has 0 bridgehead atoms. The molecule has 1 heterocycles. The molecule has 2 aromatic rings. The van der Waals surface area contributed by atoms with E-state index in [1.54, 1.807) is 6.92 Å². The second-order valence-corrected chi connectivity index (χ2v) is 3.62. The number of hydrogen-bond donors (Lipinski definition) is 1. The predicted octanol–water partition coefficient (Wildman–Crippen LogP) is 2.67. The van der Waals surface area contributed by atoms with Crippen molar-refractivity contribution in [1.82, 2.24) is 9.97 Å². The van der Waals surface area contributed by atoms with E-state index >= 15 is 0 Å². The molecule has 7 heteroatoms. The van der Waals surface area contributed by atoms with Crippen LogP contribution in [0.5, 0.6) is 0 Å². The van der Waals surface area contributed by atoms with Crippen LogP contribution < -0.4 is 0 Å². The van der Waals surface area contributed by atoms with Crippen molar-refractivity contribution in [1.29, 1.82) is 0 Å². The monoisotopic (exact) mass is 270 g/mol. The number of imidazole rings is 1. The number of benzene rings is 1. The van der Waals surface area contributed by atoms with Gasteiger partial charge in [0.25, 0.3) is 0 Å². The van der Waals surface area contributed by atoms with Crippen molar-refractivity contribution >= 4 is 5.97 Å². The highest BCUT2D eigenvalue weighted by atomic mass is 19.2. The molecule has 100 valence electrons. The number of nitrogens with zero attached hydrogens (tertiary/aromatic N) is 1. The molecular formula is C12H9F3N2O2. The van der Waals surface area contributed by atoms with Crippen molar-refractivity contribution in [2.75, 3.05) is 6.61 Å². The number of H-pyrrole nitrogens is 1. The summed E-state index contributed by atoms with van der Waals surface area (Å²) in [5.74, 6) is -4.81. The van der Waals surface area contributed by atoms with Crippen LogP contribution in [-0.4, -0.2) is 22.5 Å². The molecule has 0 radical (unpaired) electrons. The maximum atomic E-state index is 13.1. The van der Waals surface area contributed by atoms with E-state index < -0.39 is 23.4 Å². The first-order valence-electron chi connectivity index (χ1n) is 5.40. The van der Waals surface area contributed by atoms with Gasteiger partial charge in [0.05, 0.1) is 12.8 Å². The molecule has 2 rings (SSSR count). The Kier molecular flexibility index (Phi) is 3.55. The van der Waals surface area contributed by atoms with E-state index in [2.05, 4.69) is 9.97 Å². The molecule has 0 aliphatic rings. The highest BCUT2D eigenvalue weighted by Crippen LogP contribution is 2.21. The third kappa shape index (κ3) is 2.59. The number of halogens is 3. The molecule has 0 amide bonds. The molecule has 0 aliphatic heterocycles. The lowest BCUT2D eigenvalue weighted by Crippen LogP contribution is -2.04. The van der Waals surface area contributed by atoms with Crippen molar-refractivity contribution in [3.8, 4) is 11.4 Å². The Bertz CT molecular complexity index is 602.